The fourth-order valence-electron chi connectivity index (χ4n) is 3.26. The first kappa shape index (κ1) is 18.9. The Morgan fingerprint density at radius 3 is 2.38 bits per heavy atom. The van der Waals surface area contributed by atoms with Crippen LogP contribution < -0.4 is 4.90 Å². The first-order chi connectivity index (χ1) is 13.9. The molecule has 1 aliphatic heterocycles. The summed E-state index contributed by atoms with van der Waals surface area (Å²) in [6.07, 6.45) is 0. The quantitative estimate of drug-likeness (QED) is 0.391. The molecule has 0 unspecified atom stereocenters. The van der Waals surface area contributed by atoms with Gasteiger partial charge in [-0.15, -0.1) is 0 Å². The molecule has 0 bridgehead atoms. The average molecular weight is 413 g/mol. The summed E-state index contributed by atoms with van der Waals surface area (Å²) in [4.78, 5) is 26.8. The number of aliphatic hydroxyl groups excluding tert-OH is 1. The Hall–Kier alpha value is -3.45. The second-order valence-electron chi connectivity index (χ2n) is 6.52. The Bertz CT molecular complexity index is 1140. The van der Waals surface area contributed by atoms with Gasteiger partial charge in [-0.05, 0) is 48.9 Å². The van der Waals surface area contributed by atoms with Gasteiger partial charge in [-0.25, -0.2) is 4.39 Å². The van der Waals surface area contributed by atoms with Gasteiger partial charge >= 0.3 is 5.91 Å². The van der Waals surface area contributed by atoms with Crippen molar-refractivity contribution in [3.05, 3.63) is 87.9 Å². The second kappa shape index (κ2) is 7.18. The molecule has 4 rings (SSSR count). The normalized spacial score (nSPS) is 18.4. The van der Waals surface area contributed by atoms with E-state index in [1.165, 1.54) is 42.5 Å². The van der Waals surface area contributed by atoms with E-state index in [0.717, 1.165) is 4.90 Å². The van der Waals surface area contributed by atoms with E-state index in [4.69, 9.17) is 16.1 Å². The largest absolute Gasteiger partial charge is 0.507 e. The van der Waals surface area contributed by atoms with Crippen LogP contribution in [0.4, 0.5) is 10.2 Å². The minimum atomic E-state index is -1.00. The van der Waals surface area contributed by atoms with E-state index in [9.17, 15) is 19.1 Å². The molecule has 1 fully saturated rings. The molecule has 1 N–H and O–H groups in total. The van der Waals surface area contributed by atoms with Crippen molar-refractivity contribution < 1.29 is 23.6 Å². The molecule has 2 heterocycles. The van der Waals surface area contributed by atoms with Gasteiger partial charge in [0.25, 0.3) is 5.78 Å². The maximum atomic E-state index is 13.5. The van der Waals surface area contributed by atoms with Crippen LogP contribution in [0.1, 0.15) is 22.9 Å². The Balaban J connectivity index is 1.93. The molecule has 1 aromatic heterocycles. The lowest BCUT2D eigenvalue weighted by molar-refractivity contribution is -0.132. The molecule has 0 aliphatic carbocycles. The summed E-state index contributed by atoms with van der Waals surface area (Å²) >= 11 is 5.89. The fraction of sp³-hybridized carbons (Fsp3) is 0.0952. The predicted octanol–water partition coefficient (Wildman–Crippen LogP) is 4.40. The number of carbonyl (C=O) groups is 2. The number of aromatic nitrogens is 1. The monoisotopic (exact) mass is 412 g/mol. The maximum Gasteiger partial charge on any atom is 0.301 e. The van der Waals surface area contributed by atoms with Crippen molar-refractivity contribution in [2.45, 2.75) is 13.0 Å². The Labute approximate surface area is 169 Å². The molecule has 8 heteroatoms. The van der Waals surface area contributed by atoms with Gasteiger partial charge in [0.05, 0.1) is 11.6 Å². The molecular formula is C21H14ClFN2O4. The molecule has 0 radical (unpaired) electrons. The van der Waals surface area contributed by atoms with Gasteiger partial charge in [0, 0.05) is 16.7 Å². The highest BCUT2D eigenvalue weighted by molar-refractivity contribution is 6.51. The maximum absolute atomic E-state index is 13.5. The average Bonchev–Trinajstić information content (AvgIpc) is 3.24. The molecule has 6 nitrogen and oxygen atoms in total. The van der Waals surface area contributed by atoms with Crippen LogP contribution in [0, 0.1) is 12.7 Å². The van der Waals surface area contributed by atoms with E-state index >= 15 is 0 Å². The number of ketones is 1. The van der Waals surface area contributed by atoms with Gasteiger partial charge in [-0.2, -0.15) is 0 Å². The number of anilines is 1. The number of benzene rings is 2. The summed E-state index contributed by atoms with van der Waals surface area (Å²) in [5.41, 5.74) is 0.613. The van der Waals surface area contributed by atoms with Gasteiger partial charge in [-0.3, -0.25) is 14.5 Å². The van der Waals surface area contributed by atoms with Gasteiger partial charge in [-0.1, -0.05) is 28.9 Å². The first-order valence-corrected chi connectivity index (χ1v) is 9.00. The molecular weight excluding hydrogens is 399 g/mol. The lowest BCUT2D eigenvalue weighted by Gasteiger charge is -2.22. The summed E-state index contributed by atoms with van der Waals surface area (Å²) in [5, 5.41) is 15.2. The molecule has 3 aromatic rings. The lowest BCUT2D eigenvalue weighted by atomic mass is 9.95. The number of carbonyl (C=O) groups excluding carboxylic acids is 2. The van der Waals surface area contributed by atoms with Crippen LogP contribution in [-0.4, -0.2) is 22.0 Å². The number of rotatable bonds is 3. The van der Waals surface area contributed by atoms with Crippen molar-refractivity contribution in [3.63, 3.8) is 0 Å². The van der Waals surface area contributed by atoms with Crippen LogP contribution in [0.2, 0.25) is 5.02 Å². The van der Waals surface area contributed by atoms with Crippen LogP contribution in [0.5, 0.6) is 0 Å². The van der Waals surface area contributed by atoms with Crippen LogP contribution in [0.3, 0.4) is 0 Å². The topological polar surface area (TPSA) is 83.6 Å². The third kappa shape index (κ3) is 3.30. The molecule has 1 atom stereocenters. The number of Topliss-reactive ketones (excluding diaryl/α,β-unsaturated/α-hetero) is 1. The SMILES string of the molecule is Cc1cc(N2C(=O)C(=O)/C(=C(/O)c3ccc(Cl)cc3)[C@H]2c2ccc(F)cc2)no1. The number of nitrogens with zero attached hydrogens (tertiary/aromatic N) is 2. The predicted molar refractivity (Wildman–Crippen MR) is 104 cm³/mol. The Kier molecular flexibility index (Phi) is 4.68. The van der Waals surface area contributed by atoms with Crippen molar-refractivity contribution in [2.75, 3.05) is 4.90 Å². The molecule has 1 saturated heterocycles. The zero-order chi connectivity index (χ0) is 20.7. The highest BCUT2D eigenvalue weighted by Crippen LogP contribution is 2.41. The van der Waals surface area contributed by atoms with Gasteiger partial charge in [0.2, 0.25) is 0 Å². The van der Waals surface area contributed by atoms with Gasteiger partial charge in [0.1, 0.15) is 17.3 Å². The first-order valence-electron chi connectivity index (χ1n) is 8.62. The third-order valence-electron chi connectivity index (χ3n) is 4.61. The molecule has 1 aliphatic rings. The van der Waals surface area contributed by atoms with Gasteiger partial charge < -0.3 is 9.63 Å². The summed E-state index contributed by atoms with van der Waals surface area (Å²) in [6, 6.07) is 12.0. The second-order valence-corrected chi connectivity index (χ2v) is 6.96. The summed E-state index contributed by atoms with van der Waals surface area (Å²) in [6.45, 7) is 1.65. The van der Waals surface area contributed by atoms with E-state index in [0.29, 0.717) is 21.9 Å². The Morgan fingerprint density at radius 2 is 1.79 bits per heavy atom. The van der Waals surface area contributed by atoms with Crippen molar-refractivity contribution in [2.24, 2.45) is 0 Å². The number of aliphatic hydroxyl groups is 1. The molecule has 0 saturated carbocycles. The standard InChI is InChI=1S/C21H14ClFN2O4/c1-11-10-16(24-29-11)25-18(12-4-8-15(23)9-5-12)17(20(27)21(25)28)19(26)13-2-6-14(22)7-3-13/h2-10,18,26H,1H3/b19-17+/t18-/m1/s1. The number of amides is 1. The number of aryl methyl sites for hydroxylation is 1. The highest BCUT2D eigenvalue weighted by atomic mass is 35.5. The Morgan fingerprint density at radius 1 is 1.14 bits per heavy atom. The van der Waals surface area contributed by atoms with E-state index < -0.39 is 23.5 Å². The van der Waals surface area contributed by atoms with E-state index in [1.807, 2.05) is 0 Å². The molecule has 2 aromatic carbocycles. The zero-order valence-electron chi connectivity index (χ0n) is 15.1. The number of hydrogen-bond acceptors (Lipinski definition) is 5. The minimum absolute atomic E-state index is 0.120. The van der Waals surface area contributed by atoms with Crippen LogP contribution >= 0.6 is 11.6 Å². The van der Waals surface area contributed by atoms with Crippen LogP contribution in [0.25, 0.3) is 5.76 Å². The number of halogens is 2. The zero-order valence-corrected chi connectivity index (χ0v) is 15.9. The van der Waals surface area contributed by atoms with E-state index in [-0.39, 0.29) is 17.2 Å². The molecule has 29 heavy (non-hydrogen) atoms. The summed E-state index contributed by atoms with van der Waals surface area (Å²) in [5.74, 6) is -2.03. The summed E-state index contributed by atoms with van der Waals surface area (Å²) < 4.78 is 18.5. The van der Waals surface area contributed by atoms with Crippen molar-refractivity contribution in [3.8, 4) is 0 Å². The van der Waals surface area contributed by atoms with Crippen molar-refractivity contribution in [1.29, 1.82) is 0 Å². The van der Waals surface area contributed by atoms with E-state index in [2.05, 4.69) is 5.16 Å². The third-order valence-corrected chi connectivity index (χ3v) is 4.86. The van der Waals surface area contributed by atoms with E-state index in [1.54, 1.807) is 19.1 Å². The van der Waals surface area contributed by atoms with Crippen LogP contribution in [0.15, 0.2) is 64.7 Å². The van der Waals surface area contributed by atoms with Crippen molar-refractivity contribution >= 4 is 34.9 Å². The van der Waals surface area contributed by atoms with Crippen LogP contribution in [-0.2, 0) is 9.59 Å². The fourth-order valence-corrected chi connectivity index (χ4v) is 3.39. The molecule has 1 amide bonds. The molecule has 146 valence electrons. The lowest BCUT2D eigenvalue weighted by Crippen LogP contribution is -2.29. The molecule has 0 spiro atoms. The number of hydrogen-bond donors (Lipinski definition) is 1. The highest BCUT2D eigenvalue weighted by Gasteiger charge is 2.48. The smallest absolute Gasteiger partial charge is 0.301 e. The minimum Gasteiger partial charge on any atom is -0.507 e. The van der Waals surface area contributed by atoms with Gasteiger partial charge in [0.15, 0.2) is 5.82 Å². The summed E-state index contributed by atoms with van der Waals surface area (Å²) in [7, 11) is 0. The van der Waals surface area contributed by atoms with Crippen molar-refractivity contribution in [1.82, 2.24) is 5.16 Å².